The van der Waals surface area contributed by atoms with Crippen LogP contribution in [-0.2, 0) is 4.79 Å². The minimum atomic E-state index is -0.593. The number of carbonyl (C=O) groups is 2. The van der Waals surface area contributed by atoms with Crippen molar-refractivity contribution in [3.63, 3.8) is 0 Å². The maximum atomic E-state index is 12.3. The van der Waals surface area contributed by atoms with Gasteiger partial charge in [-0.1, -0.05) is 49.3 Å². The second-order valence-electron chi connectivity index (χ2n) is 5.71. The average molecular weight is 315 g/mol. The average Bonchev–Trinajstić information content (AvgIpc) is 3.04. The lowest BCUT2D eigenvalue weighted by molar-refractivity contribution is -0.122. The van der Waals surface area contributed by atoms with Gasteiger partial charge < -0.3 is 15.2 Å². The van der Waals surface area contributed by atoms with Crippen molar-refractivity contribution in [2.75, 3.05) is 7.05 Å². The first-order valence-electron chi connectivity index (χ1n) is 7.56. The zero-order valence-corrected chi connectivity index (χ0v) is 13.5. The van der Waals surface area contributed by atoms with E-state index in [0.717, 1.165) is 5.56 Å². The highest BCUT2D eigenvalue weighted by Gasteiger charge is 2.23. The first-order chi connectivity index (χ1) is 11.0. The van der Waals surface area contributed by atoms with E-state index in [2.05, 4.69) is 15.8 Å². The summed E-state index contributed by atoms with van der Waals surface area (Å²) in [5, 5.41) is 9.06. The number of benzene rings is 1. The predicted molar refractivity (Wildman–Crippen MR) is 86.7 cm³/mol. The second kappa shape index (κ2) is 7.58. The molecule has 0 aliphatic carbocycles. The fourth-order valence-electron chi connectivity index (χ4n) is 2.23. The molecule has 0 unspecified atom stereocenters. The van der Waals surface area contributed by atoms with E-state index in [-0.39, 0.29) is 17.5 Å². The smallest absolute Gasteiger partial charge is 0.274 e. The predicted octanol–water partition coefficient (Wildman–Crippen LogP) is 2.23. The molecule has 0 saturated heterocycles. The Morgan fingerprint density at radius 3 is 2.52 bits per heavy atom. The van der Waals surface area contributed by atoms with Crippen LogP contribution >= 0.6 is 0 Å². The molecule has 122 valence electrons. The highest BCUT2D eigenvalue weighted by Crippen LogP contribution is 2.19. The Kier molecular flexibility index (Phi) is 5.51. The van der Waals surface area contributed by atoms with Crippen molar-refractivity contribution in [1.82, 2.24) is 15.8 Å². The first kappa shape index (κ1) is 16.7. The molecule has 1 atom stereocenters. The van der Waals surface area contributed by atoms with E-state index >= 15 is 0 Å². The molecule has 1 heterocycles. The molecule has 0 saturated carbocycles. The quantitative estimate of drug-likeness (QED) is 0.856. The number of nitrogens with zero attached hydrogens (tertiary/aromatic N) is 1. The fraction of sp³-hybridized carbons (Fsp3) is 0.353. The lowest BCUT2D eigenvalue weighted by Crippen LogP contribution is -2.46. The van der Waals surface area contributed by atoms with Crippen LogP contribution in [0.4, 0.5) is 0 Å². The van der Waals surface area contributed by atoms with Gasteiger partial charge in [0, 0.05) is 18.7 Å². The van der Waals surface area contributed by atoms with E-state index in [4.69, 9.17) is 4.52 Å². The largest absolute Gasteiger partial charge is 0.357 e. The normalized spacial score (nSPS) is 12.0. The van der Waals surface area contributed by atoms with E-state index in [9.17, 15) is 9.59 Å². The summed E-state index contributed by atoms with van der Waals surface area (Å²) in [7, 11) is 1.55. The number of hydrogen-bond donors (Lipinski definition) is 2. The summed E-state index contributed by atoms with van der Waals surface area (Å²) in [6, 6.07) is 10.4. The molecule has 6 heteroatoms. The van der Waals surface area contributed by atoms with E-state index in [1.807, 2.05) is 44.2 Å². The minimum Gasteiger partial charge on any atom is -0.357 e. The number of aromatic nitrogens is 1. The molecule has 0 fully saturated rings. The summed E-state index contributed by atoms with van der Waals surface area (Å²) in [5.41, 5.74) is 0.991. The zero-order valence-electron chi connectivity index (χ0n) is 13.5. The topological polar surface area (TPSA) is 84.2 Å². The van der Waals surface area contributed by atoms with Crippen LogP contribution in [0.5, 0.6) is 0 Å². The number of carbonyl (C=O) groups excluding carboxylic acids is 2. The van der Waals surface area contributed by atoms with Crippen molar-refractivity contribution in [3.8, 4) is 11.3 Å². The minimum absolute atomic E-state index is 0.154. The molecule has 1 aromatic carbocycles. The number of amides is 2. The maximum Gasteiger partial charge on any atom is 0.274 e. The first-order valence-corrected chi connectivity index (χ1v) is 7.56. The molecule has 2 aromatic rings. The van der Waals surface area contributed by atoms with Gasteiger partial charge in [-0.15, -0.1) is 0 Å². The summed E-state index contributed by atoms with van der Waals surface area (Å²) in [6.45, 7) is 3.98. The Balaban J connectivity index is 2.11. The van der Waals surface area contributed by atoms with E-state index in [0.29, 0.717) is 12.2 Å². The van der Waals surface area contributed by atoms with Gasteiger partial charge in [0.25, 0.3) is 5.91 Å². The summed E-state index contributed by atoms with van der Waals surface area (Å²) >= 11 is 0. The van der Waals surface area contributed by atoms with Gasteiger partial charge in [-0.3, -0.25) is 9.59 Å². The van der Waals surface area contributed by atoms with Crippen molar-refractivity contribution in [1.29, 1.82) is 0 Å². The Bertz CT molecular complexity index is 665. The summed E-state index contributed by atoms with van der Waals surface area (Å²) in [6.07, 6.45) is 0.550. The van der Waals surface area contributed by atoms with Crippen LogP contribution in [0.25, 0.3) is 11.3 Å². The Hall–Kier alpha value is -2.63. The van der Waals surface area contributed by atoms with Crippen molar-refractivity contribution >= 4 is 11.8 Å². The maximum absolute atomic E-state index is 12.3. The zero-order chi connectivity index (χ0) is 16.8. The van der Waals surface area contributed by atoms with Gasteiger partial charge in [0.2, 0.25) is 5.91 Å². The summed E-state index contributed by atoms with van der Waals surface area (Å²) < 4.78 is 5.21. The van der Waals surface area contributed by atoms with Gasteiger partial charge in [-0.2, -0.15) is 0 Å². The molecule has 0 aliphatic rings. The molecule has 2 rings (SSSR count). The van der Waals surface area contributed by atoms with E-state index in [1.165, 1.54) is 0 Å². The lowest BCUT2D eigenvalue weighted by atomic mass is 10.0. The van der Waals surface area contributed by atoms with Crippen LogP contribution in [0.3, 0.4) is 0 Å². The Morgan fingerprint density at radius 1 is 1.22 bits per heavy atom. The molecular formula is C17H21N3O3. The van der Waals surface area contributed by atoms with Gasteiger partial charge in [0.05, 0.1) is 0 Å². The number of likely N-dealkylation sites (N-methyl/N-ethyl adjacent to an activating group) is 1. The molecule has 2 amide bonds. The second-order valence-corrected chi connectivity index (χ2v) is 5.71. The lowest BCUT2D eigenvalue weighted by Gasteiger charge is -2.18. The van der Waals surface area contributed by atoms with E-state index < -0.39 is 11.9 Å². The van der Waals surface area contributed by atoms with Gasteiger partial charge in [-0.25, -0.2) is 0 Å². The third-order valence-corrected chi connectivity index (χ3v) is 3.38. The van der Waals surface area contributed by atoms with Crippen LogP contribution in [0, 0.1) is 5.92 Å². The van der Waals surface area contributed by atoms with Gasteiger partial charge in [0.15, 0.2) is 11.5 Å². The van der Waals surface area contributed by atoms with Gasteiger partial charge >= 0.3 is 0 Å². The van der Waals surface area contributed by atoms with E-state index in [1.54, 1.807) is 13.1 Å². The molecule has 0 radical (unpaired) electrons. The Morgan fingerprint density at radius 2 is 1.91 bits per heavy atom. The van der Waals surface area contributed by atoms with Crippen molar-refractivity contribution < 1.29 is 14.1 Å². The van der Waals surface area contributed by atoms with Crippen LogP contribution in [0.2, 0.25) is 0 Å². The molecule has 0 bridgehead atoms. The van der Waals surface area contributed by atoms with Crippen molar-refractivity contribution in [3.05, 3.63) is 42.1 Å². The molecule has 0 aliphatic heterocycles. The van der Waals surface area contributed by atoms with Gasteiger partial charge in [-0.05, 0) is 12.3 Å². The number of rotatable bonds is 6. The van der Waals surface area contributed by atoms with Crippen molar-refractivity contribution in [2.24, 2.45) is 5.92 Å². The van der Waals surface area contributed by atoms with Crippen LogP contribution in [0.1, 0.15) is 30.8 Å². The number of nitrogens with one attached hydrogen (secondary N) is 2. The third-order valence-electron chi connectivity index (χ3n) is 3.38. The third kappa shape index (κ3) is 4.42. The molecule has 6 nitrogen and oxygen atoms in total. The molecule has 23 heavy (non-hydrogen) atoms. The highest BCUT2D eigenvalue weighted by atomic mass is 16.5. The van der Waals surface area contributed by atoms with Crippen LogP contribution in [-0.4, -0.2) is 30.1 Å². The standard InChI is InChI=1S/C17H21N3O3/c1-11(2)9-13(16(21)18-3)19-17(22)14-10-15(23-20-14)12-7-5-4-6-8-12/h4-8,10-11,13H,9H2,1-3H3,(H,18,21)(H,19,22)/t13-/m0/s1. The van der Waals surface area contributed by atoms with Gasteiger partial charge in [0.1, 0.15) is 6.04 Å². The molecular weight excluding hydrogens is 294 g/mol. The van der Waals surface area contributed by atoms with Crippen molar-refractivity contribution in [2.45, 2.75) is 26.3 Å². The molecule has 1 aromatic heterocycles. The molecule has 2 N–H and O–H groups in total. The summed E-state index contributed by atoms with van der Waals surface area (Å²) in [4.78, 5) is 24.2. The summed E-state index contributed by atoms with van der Waals surface area (Å²) in [5.74, 6) is 0.134. The monoisotopic (exact) mass is 315 g/mol. The number of hydrogen-bond acceptors (Lipinski definition) is 4. The van der Waals surface area contributed by atoms with Crippen LogP contribution < -0.4 is 10.6 Å². The molecule has 0 spiro atoms. The Labute approximate surface area is 135 Å². The fourth-order valence-corrected chi connectivity index (χ4v) is 2.23. The highest BCUT2D eigenvalue weighted by molar-refractivity contribution is 5.96. The van der Waals surface area contributed by atoms with Crippen LogP contribution in [0.15, 0.2) is 40.9 Å². The SMILES string of the molecule is CNC(=O)[C@H](CC(C)C)NC(=O)c1cc(-c2ccccc2)on1.